The molecule has 0 amide bonds. The number of allylic oxidation sites excluding steroid dienone is 1. The summed E-state index contributed by atoms with van der Waals surface area (Å²) in [6.07, 6.45) is 3.27. The van der Waals surface area contributed by atoms with Gasteiger partial charge in [0, 0.05) is 28.8 Å². The van der Waals surface area contributed by atoms with Gasteiger partial charge in [-0.2, -0.15) is 0 Å². The number of nitro benzene ring substituents is 1. The van der Waals surface area contributed by atoms with Crippen molar-refractivity contribution in [1.29, 1.82) is 0 Å². The standard InChI is InChI=1S/C38H26FN3O4S/c39-32-15-6-3-10-26(32)22-46-33-19-17-23-8-1-4-13-28(23)31(33)21-34-37(43)41-36(25-11-7-12-27(20-25)42(44)45)30-18-16-24-9-2-5-14-29(24)35(30)40-38(41)47-34/h1-15,17,19-21,36H,16,18,22H2/b34-21+/t36-/m1/s1. The lowest BCUT2D eigenvalue weighted by molar-refractivity contribution is -0.384. The number of fused-ring (bicyclic) bond motifs is 4. The van der Waals surface area contributed by atoms with Gasteiger partial charge in [0.2, 0.25) is 0 Å². The molecule has 8 rings (SSSR count). The number of rotatable bonds is 6. The first kappa shape index (κ1) is 28.8. The molecule has 7 nitrogen and oxygen atoms in total. The van der Waals surface area contributed by atoms with E-state index in [-0.39, 0.29) is 23.7 Å². The van der Waals surface area contributed by atoms with E-state index in [1.807, 2.05) is 66.7 Å². The van der Waals surface area contributed by atoms with Crippen molar-refractivity contribution in [2.45, 2.75) is 25.5 Å². The number of nitrogens with zero attached hydrogens (tertiary/aromatic N) is 3. The molecule has 6 aromatic rings. The molecule has 1 aromatic heterocycles. The predicted octanol–water partition coefficient (Wildman–Crippen LogP) is 7.10. The van der Waals surface area contributed by atoms with Gasteiger partial charge < -0.3 is 4.74 Å². The third-order valence-electron chi connectivity index (χ3n) is 8.82. The molecule has 9 heteroatoms. The molecule has 0 fully saturated rings. The smallest absolute Gasteiger partial charge is 0.271 e. The van der Waals surface area contributed by atoms with Crippen LogP contribution in [0.2, 0.25) is 0 Å². The molecule has 1 atom stereocenters. The Labute approximate surface area is 272 Å². The highest BCUT2D eigenvalue weighted by Gasteiger charge is 2.33. The van der Waals surface area contributed by atoms with Crippen LogP contribution >= 0.6 is 11.3 Å². The zero-order chi connectivity index (χ0) is 32.1. The second kappa shape index (κ2) is 11.6. The fraction of sp³-hybridized carbons (Fsp3) is 0.105. The van der Waals surface area contributed by atoms with Gasteiger partial charge in [-0.1, -0.05) is 96.3 Å². The summed E-state index contributed by atoms with van der Waals surface area (Å²) in [5.41, 5.74) is 5.47. The van der Waals surface area contributed by atoms with Crippen LogP contribution in [0.1, 0.15) is 40.3 Å². The van der Waals surface area contributed by atoms with Crippen LogP contribution in [0.25, 0.3) is 22.5 Å². The van der Waals surface area contributed by atoms with Gasteiger partial charge >= 0.3 is 0 Å². The third kappa shape index (κ3) is 5.05. The molecule has 230 valence electrons. The van der Waals surface area contributed by atoms with Crippen molar-refractivity contribution in [1.82, 2.24) is 4.57 Å². The van der Waals surface area contributed by atoms with Crippen LogP contribution in [0.4, 0.5) is 10.1 Å². The lowest BCUT2D eigenvalue weighted by Gasteiger charge is -2.30. The predicted molar refractivity (Wildman–Crippen MR) is 181 cm³/mol. The Morgan fingerprint density at radius 1 is 0.957 bits per heavy atom. The van der Waals surface area contributed by atoms with Gasteiger partial charge in [0.05, 0.1) is 21.2 Å². The summed E-state index contributed by atoms with van der Waals surface area (Å²) >= 11 is 1.27. The Bertz CT molecular complexity index is 2460. The SMILES string of the molecule is O=c1/c(=C\c2c(OCc3ccccc3F)ccc3ccccc23)sc2n1[C@H](c1cccc([N+](=O)[O-])c1)C1=C(N=2)c2ccccc2CC1. The first-order chi connectivity index (χ1) is 23.0. The maximum absolute atomic E-state index is 14.5. The summed E-state index contributed by atoms with van der Waals surface area (Å²) < 4.78 is 22.8. The van der Waals surface area contributed by atoms with E-state index in [0.717, 1.165) is 34.0 Å². The second-order valence-electron chi connectivity index (χ2n) is 11.5. The average Bonchev–Trinajstić information content (AvgIpc) is 3.41. The lowest BCUT2D eigenvalue weighted by Crippen LogP contribution is -2.38. The van der Waals surface area contributed by atoms with Gasteiger partial charge in [0.15, 0.2) is 4.80 Å². The van der Waals surface area contributed by atoms with Crippen LogP contribution in [0.3, 0.4) is 0 Å². The van der Waals surface area contributed by atoms with Gasteiger partial charge in [0.25, 0.3) is 11.2 Å². The summed E-state index contributed by atoms with van der Waals surface area (Å²) in [4.78, 5) is 31.4. The number of non-ortho nitro benzene ring substituents is 1. The quantitative estimate of drug-likeness (QED) is 0.144. The van der Waals surface area contributed by atoms with E-state index in [0.29, 0.717) is 38.2 Å². The second-order valence-corrected chi connectivity index (χ2v) is 12.6. The zero-order valence-corrected chi connectivity index (χ0v) is 25.7. The topological polar surface area (TPSA) is 86.7 Å². The number of nitro groups is 1. The largest absolute Gasteiger partial charge is 0.488 e. The Kier molecular flexibility index (Phi) is 7.10. The highest BCUT2D eigenvalue weighted by Crippen LogP contribution is 2.41. The number of aryl methyl sites for hydroxylation is 1. The van der Waals surface area contributed by atoms with Crippen molar-refractivity contribution >= 4 is 39.6 Å². The molecule has 0 radical (unpaired) electrons. The summed E-state index contributed by atoms with van der Waals surface area (Å²) in [6.45, 7) is 0.0199. The van der Waals surface area contributed by atoms with Crippen LogP contribution in [-0.2, 0) is 13.0 Å². The Morgan fingerprint density at radius 2 is 1.77 bits per heavy atom. The molecule has 2 aliphatic rings. The van der Waals surface area contributed by atoms with E-state index in [1.54, 1.807) is 34.9 Å². The van der Waals surface area contributed by atoms with E-state index in [1.165, 1.54) is 29.0 Å². The number of thiazole rings is 1. The first-order valence-corrected chi connectivity index (χ1v) is 16.0. The van der Waals surface area contributed by atoms with E-state index in [4.69, 9.17) is 9.73 Å². The maximum atomic E-state index is 14.5. The molecule has 0 saturated carbocycles. The first-order valence-electron chi connectivity index (χ1n) is 15.2. The normalized spacial score (nSPS) is 15.5. The van der Waals surface area contributed by atoms with Crippen molar-refractivity contribution < 1.29 is 14.1 Å². The van der Waals surface area contributed by atoms with Gasteiger partial charge in [-0.25, -0.2) is 9.38 Å². The molecule has 1 aliphatic carbocycles. The fourth-order valence-electron chi connectivity index (χ4n) is 6.58. The molecule has 0 N–H and O–H groups in total. The van der Waals surface area contributed by atoms with Crippen LogP contribution in [0, 0.1) is 15.9 Å². The third-order valence-corrected chi connectivity index (χ3v) is 9.80. The number of halogens is 1. The molecule has 2 heterocycles. The number of ether oxygens (including phenoxy) is 1. The minimum atomic E-state index is -0.555. The van der Waals surface area contributed by atoms with Gasteiger partial charge in [-0.3, -0.25) is 19.5 Å². The maximum Gasteiger partial charge on any atom is 0.271 e. The number of aromatic nitrogens is 1. The number of hydrogen-bond acceptors (Lipinski definition) is 6. The van der Waals surface area contributed by atoms with Crippen LogP contribution < -0.4 is 19.6 Å². The Morgan fingerprint density at radius 3 is 2.64 bits per heavy atom. The molecule has 5 aromatic carbocycles. The van der Waals surface area contributed by atoms with Crippen LogP contribution in [0.5, 0.6) is 5.75 Å². The van der Waals surface area contributed by atoms with Crippen molar-refractivity contribution in [3.63, 3.8) is 0 Å². The minimum absolute atomic E-state index is 0.0199. The average molecular weight is 640 g/mol. The molecule has 0 bridgehead atoms. The van der Waals surface area contributed by atoms with Gasteiger partial charge in [-0.15, -0.1) is 0 Å². The minimum Gasteiger partial charge on any atom is -0.488 e. The molecule has 0 spiro atoms. The molecule has 47 heavy (non-hydrogen) atoms. The van der Waals surface area contributed by atoms with Crippen molar-refractivity contribution in [2.24, 2.45) is 4.99 Å². The molecule has 1 aliphatic heterocycles. The van der Waals surface area contributed by atoms with E-state index < -0.39 is 11.0 Å². The molecular formula is C38H26FN3O4S. The lowest BCUT2D eigenvalue weighted by atomic mass is 9.83. The van der Waals surface area contributed by atoms with Crippen molar-refractivity contribution in [2.75, 3.05) is 0 Å². The fourth-order valence-corrected chi connectivity index (χ4v) is 7.57. The van der Waals surface area contributed by atoms with Crippen molar-refractivity contribution in [3.05, 3.63) is 178 Å². The van der Waals surface area contributed by atoms with E-state index >= 15 is 0 Å². The van der Waals surface area contributed by atoms with E-state index in [2.05, 4.69) is 6.07 Å². The monoisotopic (exact) mass is 639 g/mol. The summed E-state index contributed by atoms with van der Waals surface area (Å²) in [7, 11) is 0. The Balaban J connectivity index is 1.34. The number of hydrogen-bond donors (Lipinski definition) is 0. The van der Waals surface area contributed by atoms with Crippen LogP contribution in [0.15, 0.2) is 125 Å². The highest BCUT2D eigenvalue weighted by molar-refractivity contribution is 7.07. The summed E-state index contributed by atoms with van der Waals surface area (Å²) in [6, 6.07) is 32.2. The summed E-state index contributed by atoms with van der Waals surface area (Å²) in [5.74, 6) is 0.163. The van der Waals surface area contributed by atoms with Gasteiger partial charge in [0.1, 0.15) is 18.2 Å². The highest BCUT2D eigenvalue weighted by atomic mass is 32.1. The summed E-state index contributed by atoms with van der Waals surface area (Å²) in [5, 5.41) is 13.6. The molecule has 0 unspecified atom stereocenters. The van der Waals surface area contributed by atoms with E-state index in [9.17, 15) is 19.3 Å². The van der Waals surface area contributed by atoms with Gasteiger partial charge in [-0.05, 0) is 58.5 Å². The Hall–Kier alpha value is -5.67. The number of benzene rings is 5. The molecular weight excluding hydrogens is 614 g/mol. The zero-order valence-electron chi connectivity index (χ0n) is 24.9. The van der Waals surface area contributed by atoms with Crippen molar-refractivity contribution in [3.8, 4) is 5.75 Å². The molecule has 0 saturated heterocycles. The van der Waals surface area contributed by atoms with Crippen LogP contribution in [-0.4, -0.2) is 9.49 Å².